The van der Waals surface area contributed by atoms with Crippen molar-refractivity contribution in [1.29, 1.82) is 0 Å². The molecule has 1 aromatic rings. The molecule has 0 aliphatic heterocycles. The highest BCUT2D eigenvalue weighted by atomic mass is 16.6. The maximum atomic E-state index is 10.7. The third kappa shape index (κ3) is 3.89. The van der Waals surface area contributed by atoms with E-state index in [4.69, 9.17) is 10.5 Å². The molecule has 0 bridgehead atoms. The first-order valence-electron chi connectivity index (χ1n) is 5.97. The Morgan fingerprint density at radius 2 is 2.06 bits per heavy atom. The second-order valence-corrected chi connectivity index (χ2v) is 3.85. The average Bonchev–Trinajstić information content (AvgIpc) is 2.36. The summed E-state index contributed by atoms with van der Waals surface area (Å²) in [4.78, 5) is 12.4. The minimum Gasteiger partial charge on any atom is -0.492 e. The highest BCUT2D eigenvalue weighted by Gasteiger charge is 2.12. The van der Waals surface area contributed by atoms with Crippen molar-refractivity contribution in [3.63, 3.8) is 0 Å². The SMILES string of the molecule is CCN(CC)CCOc1ccc(N)c([N+](=O)[O-])c1. The number of anilines is 1. The number of ether oxygens (including phenoxy) is 1. The summed E-state index contributed by atoms with van der Waals surface area (Å²) in [7, 11) is 0. The van der Waals surface area contributed by atoms with Crippen LogP contribution in [0.3, 0.4) is 0 Å². The Morgan fingerprint density at radius 1 is 1.39 bits per heavy atom. The highest BCUT2D eigenvalue weighted by Crippen LogP contribution is 2.26. The fraction of sp³-hybridized carbons (Fsp3) is 0.500. The minimum absolute atomic E-state index is 0.115. The van der Waals surface area contributed by atoms with Crippen molar-refractivity contribution in [3.8, 4) is 5.75 Å². The molecule has 0 saturated carbocycles. The van der Waals surface area contributed by atoms with Gasteiger partial charge in [0, 0.05) is 6.54 Å². The minimum atomic E-state index is -0.507. The van der Waals surface area contributed by atoms with Crippen LogP contribution in [0.5, 0.6) is 5.75 Å². The van der Waals surface area contributed by atoms with E-state index in [-0.39, 0.29) is 11.4 Å². The molecule has 2 N–H and O–H groups in total. The monoisotopic (exact) mass is 253 g/mol. The summed E-state index contributed by atoms with van der Waals surface area (Å²) in [6.07, 6.45) is 0. The van der Waals surface area contributed by atoms with E-state index in [1.165, 1.54) is 12.1 Å². The molecule has 18 heavy (non-hydrogen) atoms. The summed E-state index contributed by atoms with van der Waals surface area (Å²) >= 11 is 0. The van der Waals surface area contributed by atoms with Gasteiger partial charge in [-0.3, -0.25) is 10.1 Å². The van der Waals surface area contributed by atoms with Gasteiger partial charge in [0.15, 0.2) is 0 Å². The van der Waals surface area contributed by atoms with Crippen LogP contribution in [-0.2, 0) is 0 Å². The van der Waals surface area contributed by atoms with Gasteiger partial charge in [-0.1, -0.05) is 13.8 Å². The molecule has 0 aromatic heterocycles. The lowest BCUT2D eigenvalue weighted by molar-refractivity contribution is -0.384. The fourth-order valence-electron chi connectivity index (χ4n) is 1.60. The summed E-state index contributed by atoms with van der Waals surface area (Å²) in [5.74, 6) is 0.475. The molecule has 1 rings (SSSR count). The smallest absolute Gasteiger partial charge is 0.295 e. The largest absolute Gasteiger partial charge is 0.492 e. The Hall–Kier alpha value is -1.82. The molecule has 0 spiro atoms. The third-order valence-corrected chi connectivity index (χ3v) is 2.77. The second kappa shape index (κ2) is 6.80. The summed E-state index contributed by atoms with van der Waals surface area (Å²) in [5.41, 5.74) is 5.54. The summed E-state index contributed by atoms with van der Waals surface area (Å²) in [6.45, 7) is 7.38. The van der Waals surface area contributed by atoms with Crippen LogP contribution < -0.4 is 10.5 Å². The molecule has 0 unspecified atom stereocenters. The number of nitrogen functional groups attached to an aromatic ring is 1. The second-order valence-electron chi connectivity index (χ2n) is 3.85. The zero-order chi connectivity index (χ0) is 13.5. The van der Waals surface area contributed by atoms with Gasteiger partial charge in [-0.05, 0) is 25.2 Å². The van der Waals surface area contributed by atoms with Gasteiger partial charge in [0.2, 0.25) is 0 Å². The Labute approximate surface area is 106 Å². The maximum Gasteiger partial charge on any atom is 0.295 e. The van der Waals surface area contributed by atoms with E-state index >= 15 is 0 Å². The molecule has 0 amide bonds. The number of hydrogen-bond acceptors (Lipinski definition) is 5. The molecule has 1 aromatic carbocycles. The van der Waals surface area contributed by atoms with Gasteiger partial charge in [-0.25, -0.2) is 0 Å². The van der Waals surface area contributed by atoms with Crippen molar-refractivity contribution in [1.82, 2.24) is 4.90 Å². The predicted octanol–water partition coefficient (Wildman–Crippen LogP) is 1.90. The normalized spacial score (nSPS) is 10.6. The third-order valence-electron chi connectivity index (χ3n) is 2.77. The Bertz CT molecular complexity index is 406. The number of nitrogens with zero attached hydrogens (tertiary/aromatic N) is 2. The van der Waals surface area contributed by atoms with E-state index in [1.807, 2.05) is 0 Å². The van der Waals surface area contributed by atoms with Gasteiger partial charge in [0.05, 0.1) is 11.0 Å². The van der Waals surface area contributed by atoms with E-state index in [1.54, 1.807) is 6.07 Å². The molecule has 0 heterocycles. The van der Waals surface area contributed by atoms with Crippen LogP contribution in [0, 0.1) is 10.1 Å². The lowest BCUT2D eigenvalue weighted by Crippen LogP contribution is -2.27. The summed E-state index contributed by atoms with van der Waals surface area (Å²) in [6, 6.07) is 4.49. The van der Waals surface area contributed by atoms with Crippen molar-refractivity contribution in [2.45, 2.75) is 13.8 Å². The molecule has 100 valence electrons. The van der Waals surface area contributed by atoms with Crippen LogP contribution in [0.2, 0.25) is 0 Å². The zero-order valence-corrected chi connectivity index (χ0v) is 10.8. The predicted molar refractivity (Wildman–Crippen MR) is 70.8 cm³/mol. The van der Waals surface area contributed by atoms with Crippen LogP contribution in [0.25, 0.3) is 0 Å². The average molecular weight is 253 g/mol. The number of nitro groups is 1. The molecule has 6 nitrogen and oxygen atoms in total. The Balaban J connectivity index is 2.58. The molecule has 0 radical (unpaired) electrons. The highest BCUT2D eigenvalue weighted by molar-refractivity contribution is 5.60. The number of hydrogen-bond donors (Lipinski definition) is 1. The van der Waals surface area contributed by atoms with E-state index in [2.05, 4.69) is 18.7 Å². The van der Waals surface area contributed by atoms with Crippen molar-refractivity contribution in [2.75, 3.05) is 32.0 Å². The molecule has 0 aliphatic carbocycles. The van der Waals surface area contributed by atoms with Crippen molar-refractivity contribution >= 4 is 11.4 Å². The summed E-state index contributed by atoms with van der Waals surface area (Å²) < 4.78 is 5.48. The van der Waals surface area contributed by atoms with Crippen LogP contribution in [0.1, 0.15) is 13.8 Å². The Morgan fingerprint density at radius 3 is 2.61 bits per heavy atom. The van der Waals surface area contributed by atoms with Gasteiger partial charge < -0.3 is 15.4 Å². The van der Waals surface area contributed by atoms with Crippen LogP contribution in [-0.4, -0.2) is 36.1 Å². The maximum absolute atomic E-state index is 10.7. The van der Waals surface area contributed by atoms with Crippen LogP contribution >= 0.6 is 0 Å². The molecule has 6 heteroatoms. The number of rotatable bonds is 7. The molecular weight excluding hydrogens is 234 g/mol. The van der Waals surface area contributed by atoms with E-state index in [0.717, 1.165) is 19.6 Å². The van der Waals surface area contributed by atoms with Gasteiger partial charge in [0.25, 0.3) is 5.69 Å². The standard InChI is InChI=1S/C12H19N3O3/c1-3-14(4-2)7-8-18-10-5-6-11(13)12(9-10)15(16)17/h5-6,9H,3-4,7-8,13H2,1-2H3. The van der Waals surface area contributed by atoms with E-state index < -0.39 is 4.92 Å². The number of benzene rings is 1. The van der Waals surface area contributed by atoms with E-state index in [0.29, 0.717) is 12.4 Å². The number of likely N-dealkylation sites (N-methyl/N-ethyl adjacent to an activating group) is 1. The van der Waals surface area contributed by atoms with Crippen molar-refractivity contribution < 1.29 is 9.66 Å². The lowest BCUT2D eigenvalue weighted by Gasteiger charge is -2.17. The number of nitro benzene ring substituents is 1. The molecule has 0 aliphatic rings. The zero-order valence-electron chi connectivity index (χ0n) is 10.8. The van der Waals surface area contributed by atoms with E-state index in [9.17, 15) is 10.1 Å². The molecule has 0 saturated heterocycles. The lowest BCUT2D eigenvalue weighted by atomic mass is 10.2. The van der Waals surface area contributed by atoms with Crippen molar-refractivity contribution in [2.24, 2.45) is 0 Å². The van der Waals surface area contributed by atoms with Crippen molar-refractivity contribution in [3.05, 3.63) is 28.3 Å². The van der Waals surface area contributed by atoms with Gasteiger partial charge in [-0.2, -0.15) is 0 Å². The molecular formula is C12H19N3O3. The van der Waals surface area contributed by atoms with Crippen LogP contribution in [0.4, 0.5) is 11.4 Å². The molecule has 0 atom stereocenters. The van der Waals surface area contributed by atoms with Gasteiger partial charge >= 0.3 is 0 Å². The quantitative estimate of drug-likeness (QED) is 0.456. The fourth-order valence-corrected chi connectivity index (χ4v) is 1.60. The number of nitrogens with two attached hydrogens (primary N) is 1. The first-order valence-corrected chi connectivity index (χ1v) is 5.97. The Kier molecular flexibility index (Phi) is 5.38. The summed E-state index contributed by atoms with van der Waals surface area (Å²) in [5, 5.41) is 10.7. The first-order chi connectivity index (χ1) is 8.58. The topological polar surface area (TPSA) is 81.6 Å². The van der Waals surface area contributed by atoms with Crippen LogP contribution in [0.15, 0.2) is 18.2 Å². The first kappa shape index (κ1) is 14.2. The van der Waals surface area contributed by atoms with Gasteiger partial charge in [-0.15, -0.1) is 0 Å². The van der Waals surface area contributed by atoms with Gasteiger partial charge in [0.1, 0.15) is 18.0 Å². The molecule has 0 fully saturated rings.